The highest BCUT2D eigenvalue weighted by atomic mass is 16.7. The molecule has 0 atom stereocenters. The zero-order valence-corrected chi connectivity index (χ0v) is 8.92. The first-order chi connectivity index (χ1) is 7.38. The first kappa shape index (κ1) is 9.43. The zero-order chi connectivity index (χ0) is 10.1. The van der Waals surface area contributed by atoms with Crippen LogP contribution in [0.1, 0.15) is 25.7 Å². The quantitative estimate of drug-likeness (QED) is 0.710. The summed E-state index contributed by atoms with van der Waals surface area (Å²) >= 11 is 0. The molecule has 0 aromatic heterocycles. The van der Waals surface area contributed by atoms with Gasteiger partial charge in [-0.1, -0.05) is 6.08 Å². The molecule has 1 spiro atoms. The van der Waals surface area contributed by atoms with Gasteiger partial charge in [0.1, 0.15) is 0 Å². The minimum atomic E-state index is -0.268. The highest BCUT2D eigenvalue weighted by molar-refractivity contribution is 5.34. The van der Waals surface area contributed by atoms with Gasteiger partial charge in [0, 0.05) is 19.4 Å². The molecule has 2 heterocycles. The number of nitrogens with one attached hydrogen (secondary N) is 1. The van der Waals surface area contributed by atoms with Crippen molar-refractivity contribution in [3.63, 3.8) is 0 Å². The molecule has 1 aliphatic carbocycles. The summed E-state index contributed by atoms with van der Waals surface area (Å²) in [6.45, 7) is 2.60. The smallest absolute Gasteiger partial charge is 0.172 e. The Morgan fingerprint density at radius 3 is 2.60 bits per heavy atom. The van der Waals surface area contributed by atoms with E-state index in [0.29, 0.717) is 0 Å². The normalized spacial score (nSPS) is 28.8. The Bertz CT molecular complexity index is 314. The largest absolute Gasteiger partial charge is 0.390 e. The predicted molar refractivity (Wildman–Crippen MR) is 57.3 cm³/mol. The maximum absolute atomic E-state index is 5.69. The molecular weight excluding hydrogens is 190 g/mol. The Morgan fingerprint density at radius 1 is 1.13 bits per heavy atom. The average Bonchev–Trinajstić information content (AvgIpc) is 2.91. The summed E-state index contributed by atoms with van der Waals surface area (Å²) in [5.41, 5.74) is 2.97. The second-order valence-electron chi connectivity index (χ2n) is 4.41. The van der Waals surface area contributed by atoms with Crippen LogP contribution in [-0.2, 0) is 9.47 Å². The third-order valence-electron chi connectivity index (χ3n) is 3.48. The Labute approximate surface area is 90.1 Å². The highest BCUT2D eigenvalue weighted by Crippen LogP contribution is 2.37. The molecule has 0 radical (unpaired) electrons. The van der Waals surface area contributed by atoms with Crippen molar-refractivity contribution in [1.82, 2.24) is 5.32 Å². The topological polar surface area (TPSA) is 30.5 Å². The van der Waals surface area contributed by atoms with Gasteiger partial charge in [-0.25, -0.2) is 0 Å². The molecule has 3 nitrogen and oxygen atoms in total. The van der Waals surface area contributed by atoms with Crippen LogP contribution in [0.3, 0.4) is 0 Å². The SMILES string of the molecule is C1=C(C2=CCC3(CC2)OCCO3)CCN1. The summed E-state index contributed by atoms with van der Waals surface area (Å²) in [7, 11) is 0. The minimum absolute atomic E-state index is 0.268. The number of hydrogen-bond donors (Lipinski definition) is 1. The molecule has 1 fully saturated rings. The maximum Gasteiger partial charge on any atom is 0.172 e. The fourth-order valence-corrected chi connectivity index (χ4v) is 2.59. The van der Waals surface area contributed by atoms with E-state index in [1.807, 2.05) is 0 Å². The Balaban J connectivity index is 1.72. The fourth-order valence-electron chi connectivity index (χ4n) is 2.59. The molecule has 3 aliphatic rings. The lowest BCUT2D eigenvalue weighted by Crippen LogP contribution is -2.31. The van der Waals surface area contributed by atoms with Gasteiger partial charge in [-0.05, 0) is 30.2 Å². The van der Waals surface area contributed by atoms with E-state index in [4.69, 9.17) is 9.47 Å². The van der Waals surface area contributed by atoms with Crippen molar-refractivity contribution in [2.45, 2.75) is 31.5 Å². The van der Waals surface area contributed by atoms with Crippen LogP contribution < -0.4 is 5.32 Å². The number of allylic oxidation sites excluding steroid dienone is 1. The first-order valence-corrected chi connectivity index (χ1v) is 5.78. The van der Waals surface area contributed by atoms with Crippen molar-refractivity contribution in [3.05, 3.63) is 23.4 Å². The monoisotopic (exact) mass is 207 g/mol. The molecule has 1 saturated heterocycles. The summed E-state index contributed by atoms with van der Waals surface area (Å²) in [6.07, 6.45) is 8.64. The molecule has 0 aromatic rings. The van der Waals surface area contributed by atoms with Crippen molar-refractivity contribution in [1.29, 1.82) is 0 Å². The van der Waals surface area contributed by atoms with E-state index in [2.05, 4.69) is 17.6 Å². The van der Waals surface area contributed by atoms with Gasteiger partial charge in [0.05, 0.1) is 13.2 Å². The molecule has 0 aromatic carbocycles. The molecule has 0 unspecified atom stereocenters. The van der Waals surface area contributed by atoms with Crippen LogP contribution in [-0.4, -0.2) is 25.5 Å². The van der Waals surface area contributed by atoms with E-state index in [9.17, 15) is 0 Å². The van der Waals surface area contributed by atoms with Gasteiger partial charge in [0.2, 0.25) is 0 Å². The summed E-state index contributed by atoms with van der Waals surface area (Å²) in [4.78, 5) is 0. The van der Waals surface area contributed by atoms with E-state index in [0.717, 1.165) is 39.0 Å². The van der Waals surface area contributed by atoms with E-state index in [1.54, 1.807) is 0 Å². The Hall–Kier alpha value is -0.800. The zero-order valence-electron chi connectivity index (χ0n) is 8.92. The van der Waals surface area contributed by atoms with E-state index < -0.39 is 0 Å². The predicted octanol–water partition coefficient (Wildman–Crippen LogP) is 1.72. The summed E-state index contributed by atoms with van der Waals surface area (Å²) in [5.74, 6) is -0.268. The van der Waals surface area contributed by atoms with Crippen LogP contribution >= 0.6 is 0 Å². The van der Waals surface area contributed by atoms with E-state index >= 15 is 0 Å². The second kappa shape index (κ2) is 3.65. The molecule has 0 bridgehead atoms. The van der Waals surface area contributed by atoms with Crippen LogP contribution in [0.2, 0.25) is 0 Å². The third-order valence-corrected chi connectivity index (χ3v) is 3.48. The van der Waals surface area contributed by atoms with Crippen molar-refractivity contribution in [2.75, 3.05) is 19.8 Å². The van der Waals surface area contributed by atoms with Crippen LogP contribution in [0.4, 0.5) is 0 Å². The lowest BCUT2D eigenvalue weighted by atomic mass is 9.89. The Kier molecular flexibility index (Phi) is 2.29. The van der Waals surface area contributed by atoms with Gasteiger partial charge in [-0.3, -0.25) is 0 Å². The van der Waals surface area contributed by atoms with Gasteiger partial charge in [0.15, 0.2) is 5.79 Å². The number of hydrogen-bond acceptors (Lipinski definition) is 3. The molecule has 3 rings (SSSR count). The molecule has 15 heavy (non-hydrogen) atoms. The maximum atomic E-state index is 5.69. The highest BCUT2D eigenvalue weighted by Gasteiger charge is 2.37. The molecular formula is C12H17NO2. The van der Waals surface area contributed by atoms with Crippen molar-refractivity contribution >= 4 is 0 Å². The van der Waals surface area contributed by atoms with Crippen LogP contribution in [0, 0.1) is 0 Å². The van der Waals surface area contributed by atoms with Crippen LogP contribution in [0.15, 0.2) is 23.4 Å². The summed E-state index contributed by atoms with van der Waals surface area (Å²) in [6, 6.07) is 0. The molecule has 0 saturated carbocycles. The molecule has 3 heteroatoms. The lowest BCUT2D eigenvalue weighted by Gasteiger charge is -2.30. The minimum Gasteiger partial charge on any atom is -0.390 e. The van der Waals surface area contributed by atoms with Gasteiger partial charge in [0.25, 0.3) is 0 Å². The molecule has 0 amide bonds. The second-order valence-corrected chi connectivity index (χ2v) is 4.41. The fraction of sp³-hybridized carbons (Fsp3) is 0.667. The number of rotatable bonds is 1. The van der Waals surface area contributed by atoms with Crippen molar-refractivity contribution < 1.29 is 9.47 Å². The van der Waals surface area contributed by atoms with Gasteiger partial charge in [-0.2, -0.15) is 0 Å². The van der Waals surface area contributed by atoms with Gasteiger partial charge in [-0.15, -0.1) is 0 Å². The number of ether oxygens (including phenoxy) is 2. The summed E-state index contributed by atoms with van der Waals surface area (Å²) < 4.78 is 11.4. The standard InChI is InChI=1S/C12H17NO2/c1-4-12(14-7-8-15-12)5-2-10(1)11-3-6-13-9-11/h1,9,13H,2-8H2. The van der Waals surface area contributed by atoms with Crippen LogP contribution in [0.5, 0.6) is 0 Å². The van der Waals surface area contributed by atoms with Crippen molar-refractivity contribution in [3.8, 4) is 0 Å². The van der Waals surface area contributed by atoms with Crippen LogP contribution in [0.25, 0.3) is 0 Å². The van der Waals surface area contributed by atoms with Crippen molar-refractivity contribution in [2.24, 2.45) is 0 Å². The summed E-state index contributed by atoms with van der Waals surface area (Å²) in [5, 5.41) is 3.27. The third kappa shape index (κ3) is 1.70. The molecule has 2 aliphatic heterocycles. The first-order valence-electron chi connectivity index (χ1n) is 5.78. The van der Waals surface area contributed by atoms with Gasteiger partial charge >= 0.3 is 0 Å². The molecule has 1 N–H and O–H groups in total. The lowest BCUT2D eigenvalue weighted by molar-refractivity contribution is -0.161. The van der Waals surface area contributed by atoms with Gasteiger partial charge < -0.3 is 14.8 Å². The van der Waals surface area contributed by atoms with E-state index in [-0.39, 0.29) is 5.79 Å². The average molecular weight is 207 g/mol. The Morgan fingerprint density at radius 2 is 2.00 bits per heavy atom. The molecule has 82 valence electrons. The van der Waals surface area contributed by atoms with E-state index in [1.165, 1.54) is 17.6 Å².